The minimum Gasteiger partial charge on any atom is -0.378 e. The first-order valence-electron chi connectivity index (χ1n) is 7.43. The van der Waals surface area contributed by atoms with Gasteiger partial charge in [-0.15, -0.1) is 0 Å². The maximum atomic E-state index is 4.45. The number of amidine groups is 1. The fourth-order valence-corrected chi connectivity index (χ4v) is 2.65. The Balaban J connectivity index is 1.80. The van der Waals surface area contributed by atoms with E-state index in [0.29, 0.717) is 0 Å². The van der Waals surface area contributed by atoms with Crippen molar-refractivity contribution in [3.8, 4) is 0 Å². The lowest BCUT2D eigenvalue weighted by Gasteiger charge is -2.11. The third-order valence-electron chi connectivity index (χ3n) is 3.98. The van der Waals surface area contributed by atoms with Gasteiger partial charge in [0.25, 0.3) is 0 Å². The minimum absolute atomic E-state index is 0.840. The molecule has 0 amide bonds. The number of benzene rings is 2. The van der Waals surface area contributed by atoms with Gasteiger partial charge in [-0.25, -0.2) is 4.58 Å². The Bertz CT molecular complexity index is 755. The first-order chi connectivity index (χ1) is 10.5. The van der Waals surface area contributed by atoms with Crippen LogP contribution in [-0.2, 0) is 6.42 Å². The predicted molar refractivity (Wildman–Crippen MR) is 91.0 cm³/mol. The van der Waals surface area contributed by atoms with Gasteiger partial charge in [0.1, 0.15) is 11.4 Å². The summed E-state index contributed by atoms with van der Waals surface area (Å²) in [6.45, 7) is 2.12. The molecule has 0 radical (unpaired) electrons. The molecule has 22 heavy (non-hydrogen) atoms. The summed E-state index contributed by atoms with van der Waals surface area (Å²) < 4.78 is 2.12. The van der Waals surface area contributed by atoms with Crippen molar-refractivity contribution in [2.75, 3.05) is 26.0 Å². The van der Waals surface area contributed by atoms with Gasteiger partial charge >= 0.3 is 5.84 Å². The van der Waals surface area contributed by atoms with Crippen molar-refractivity contribution in [3.05, 3.63) is 53.6 Å². The summed E-state index contributed by atoms with van der Waals surface area (Å²) in [7, 11) is 6.10. The van der Waals surface area contributed by atoms with Crippen LogP contribution >= 0.6 is 0 Å². The van der Waals surface area contributed by atoms with E-state index in [0.717, 1.165) is 23.6 Å². The monoisotopic (exact) mass is 293 g/mol. The van der Waals surface area contributed by atoms with Crippen LogP contribution in [0.4, 0.5) is 17.1 Å². The molecule has 2 aromatic carbocycles. The van der Waals surface area contributed by atoms with E-state index in [2.05, 4.69) is 57.0 Å². The highest BCUT2D eigenvalue weighted by Gasteiger charge is 2.26. The lowest BCUT2D eigenvalue weighted by Crippen LogP contribution is -2.07. The molecule has 1 heterocycles. The smallest absolute Gasteiger partial charge is 0.331 e. The van der Waals surface area contributed by atoms with Crippen LogP contribution < -0.4 is 4.90 Å². The number of rotatable bonds is 2. The SMILES string of the molecule is Cc1ccc2c(c1)CC(N=Nc1ccc(N(C)C)cc1)=[N+]2C. The fraction of sp³-hybridized carbons (Fsp3) is 0.278. The van der Waals surface area contributed by atoms with Crippen molar-refractivity contribution in [3.63, 3.8) is 0 Å². The summed E-state index contributed by atoms with van der Waals surface area (Å²) in [5.41, 5.74) is 5.86. The van der Waals surface area contributed by atoms with E-state index in [1.165, 1.54) is 16.8 Å². The molecular formula is C18H21N4+. The first-order valence-corrected chi connectivity index (χ1v) is 7.43. The zero-order chi connectivity index (χ0) is 15.7. The van der Waals surface area contributed by atoms with Gasteiger partial charge < -0.3 is 4.90 Å². The fourth-order valence-electron chi connectivity index (χ4n) is 2.65. The van der Waals surface area contributed by atoms with E-state index < -0.39 is 0 Å². The van der Waals surface area contributed by atoms with E-state index in [-0.39, 0.29) is 0 Å². The second-order valence-corrected chi connectivity index (χ2v) is 5.90. The Hall–Kier alpha value is -2.49. The molecule has 4 nitrogen and oxygen atoms in total. The standard InChI is InChI=1S/C18H21N4/c1-13-5-10-17-14(11-13)12-18(22(17)4)20-19-15-6-8-16(9-7-15)21(2)3/h5-11H,12H2,1-4H3/q+1. The van der Waals surface area contributed by atoms with E-state index >= 15 is 0 Å². The van der Waals surface area contributed by atoms with Crippen molar-refractivity contribution in [1.82, 2.24) is 0 Å². The lowest BCUT2D eigenvalue weighted by molar-refractivity contribution is -0.402. The third kappa shape index (κ3) is 2.77. The van der Waals surface area contributed by atoms with Crippen molar-refractivity contribution in [1.29, 1.82) is 0 Å². The summed E-state index contributed by atoms with van der Waals surface area (Å²) >= 11 is 0. The largest absolute Gasteiger partial charge is 0.378 e. The average Bonchev–Trinajstić information content (AvgIpc) is 2.81. The van der Waals surface area contributed by atoms with Gasteiger partial charge in [0.05, 0.1) is 18.6 Å². The number of hydrogen-bond acceptors (Lipinski definition) is 3. The van der Waals surface area contributed by atoms with Gasteiger partial charge in [-0.2, -0.15) is 0 Å². The minimum atomic E-state index is 0.840. The lowest BCUT2D eigenvalue weighted by atomic mass is 10.1. The van der Waals surface area contributed by atoms with Crippen molar-refractivity contribution < 1.29 is 4.58 Å². The number of aryl methyl sites for hydroxylation is 1. The molecule has 1 aliphatic heterocycles. The van der Waals surface area contributed by atoms with E-state index in [4.69, 9.17) is 0 Å². The van der Waals surface area contributed by atoms with Crippen LogP contribution in [0.25, 0.3) is 0 Å². The first kappa shape index (κ1) is 14.4. The highest BCUT2D eigenvalue weighted by Crippen LogP contribution is 2.27. The molecule has 0 bridgehead atoms. The van der Waals surface area contributed by atoms with Gasteiger partial charge in [-0.3, -0.25) is 0 Å². The summed E-state index contributed by atoms with van der Waals surface area (Å²) in [5.74, 6) is 0.984. The Labute approximate surface area is 131 Å². The summed E-state index contributed by atoms with van der Waals surface area (Å²) in [6, 6.07) is 14.6. The van der Waals surface area contributed by atoms with Gasteiger partial charge in [0.15, 0.2) is 0 Å². The molecule has 0 spiro atoms. The van der Waals surface area contributed by atoms with Crippen LogP contribution in [0.15, 0.2) is 52.7 Å². The van der Waals surface area contributed by atoms with Gasteiger partial charge in [-0.1, -0.05) is 17.7 Å². The van der Waals surface area contributed by atoms with Crippen molar-refractivity contribution in [2.24, 2.45) is 10.2 Å². The molecule has 0 N–H and O–H groups in total. The maximum Gasteiger partial charge on any atom is 0.331 e. The number of azo groups is 1. The molecular weight excluding hydrogens is 272 g/mol. The quantitative estimate of drug-likeness (QED) is 0.606. The second-order valence-electron chi connectivity index (χ2n) is 5.90. The number of anilines is 1. The molecule has 4 heteroatoms. The van der Waals surface area contributed by atoms with Crippen LogP contribution in [0.3, 0.4) is 0 Å². The maximum absolute atomic E-state index is 4.45. The Morgan fingerprint density at radius 1 is 1.00 bits per heavy atom. The zero-order valence-corrected chi connectivity index (χ0v) is 13.5. The highest BCUT2D eigenvalue weighted by atomic mass is 15.2. The molecule has 1 aliphatic rings. The third-order valence-corrected chi connectivity index (χ3v) is 3.98. The number of fused-ring (bicyclic) bond motifs is 1. The van der Waals surface area contributed by atoms with Crippen LogP contribution in [0, 0.1) is 6.92 Å². The summed E-state index contributed by atoms with van der Waals surface area (Å²) in [6.07, 6.45) is 0.840. The predicted octanol–water partition coefficient (Wildman–Crippen LogP) is 4.07. The number of nitrogens with zero attached hydrogens (tertiary/aromatic N) is 4. The van der Waals surface area contributed by atoms with Crippen molar-refractivity contribution in [2.45, 2.75) is 13.3 Å². The molecule has 0 unspecified atom stereocenters. The van der Waals surface area contributed by atoms with E-state index in [1.54, 1.807) is 0 Å². The number of hydrogen-bond donors (Lipinski definition) is 0. The molecule has 0 aromatic heterocycles. The van der Waals surface area contributed by atoms with Crippen LogP contribution in [0.5, 0.6) is 0 Å². The molecule has 0 saturated heterocycles. The molecule has 112 valence electrons. The van der Waals surface area contributed by atoms with Crippen LogP contribution in [-0.4, -0.2) is 31.6 Å². The Morgan fingerprint density at radius 2 is 1.73 bits per heavy atom. The molecule has 0 atom stereocenters. The molecule has 3 rings (SSSR count). The summed E-state index contributed by atoms with van der Waals surface area (Å²) in [5, 5.41) is 8.82. The van der Waals surface area contributed by atoms with Crippen LogP contribution in [0.1, 0.15) is 11.1 Å². The molecule has 0 fully saturated rings. The van der Waals surface area contributed by atoms with Gasteiger partial charge in [0, 0.05) is 25.3 Å². The van der Waals surface area contributed by atoms with E-state index in [1.807, 2.05) is 33.3 Å². The normalized spacial score (nSPS) is 13.8. The molecule has 0 saturated carbocycles. The molecule has 0 aliphatic carbocycles. The van der Waals surface area contributed by atoms with E-state index in [9.17, 15) is 0 Å². The highest BCUT2D eigenvalue weighted by molar-refractivity contribution is 5.85. The Morgan fingerprint density at radius 3 is 2.41 bits per heavy atom. The Kier molecular flexibility index (Phi) is 3.75. The van der Waals surface area contributed by atoms with Gasteiger partial charge in [0.2, 0.25) is 0 Å². The van der Waals surface area contributed by atoms with Crippen LogP contribution in [0.2, 0.25) is 0 Å². The topological polar surface area (TPSA) is 31.0 Å². The molecule has 2 aromatic rings. The average molecular weight is 293 g/mol. The zero-order valence-electron chi connectivity index (χ0n) is 13.5. The van der Waals surface area contributed by atoms with Gasteiger partial charge in [-0.05, 0) is 42.4 Å². The van der Waals surface area contributed by atoms with Crippen molar-refractivity contribution >= 4 is 22.9 Å². The summed E-state index contributed by atoms with van der Waals surface area (Å²) in [4.78, 5) is 2.07. The second kappa shape index (κ2) is 5.72.